The number of ether oxygens (including phenoxy) is 1. The van der Waals surface area contributed by atoms with Gasteiger partial charge in [-0.25, -0.2) is 4.98 Å². The molecule has 0 aromatic carbocycles. The van der Waals surface area contributed by atoms with Crippen LogP contribution < -0.4 is 0 Å². The van der Waals surface area contributed by atoms with Crippen molar-refractivity contribution in [3.63, 3.8) is 0 Å². The highest BCUT2D eigenvalue weighted by Crippen LogP contribution is 2.15. The fraction of sp³-hybridized carbons (Fsp3) is 0.625. The van der Waals surface area contributed by atoms with Gasteiger partial charge in [-0.1, -0.05) is 6.92 Å². The maximum absolute atomic E-state index is 11.4. The molecule has 5 nitrogen and oxygen atoms in total. The summed E-state index contributed by atoms with van der Waals surface area (Å²) in [6, 6.07) is 0. The normalized spacial score (nSPS) is 12.5. The van der Waals surface area contributed by atoms with Crippen molar-refractivity contribution < 1.29 is 9.53 Å². The van der Waals surface area contributed by atoms with E-state index in [9.17, 15) is 4.79 Å². The minimum atomic E-state index is -0.317. The van der Waals surface area contributed by atoms with Gasteiger partial charge < -0.3 is 4.74 Å². The van der Waals surface area contributed by atoms with Gasteiger partial charge in [-0.3, -0.25) is 9.89 Å². The van der Waals surface area contributed by atoms with Crippen LogP contribution in [0.3, 0.4) is 0 Å². The molecule has 0 bridgehead atoms. The predicted octanol–water partition coefficient (Wildman–Crippen LogP) is 0.861. The van der Waals surface area contributed by atoms with Crippen LogP contribution in [0.2, 0.25) is 0 Å². The third-order valence-electron chi connectivity index (χ3n) is 1.74. The van der Waals surface area contributed by atoms with E-state index >= 15 is 0 Å². The highest BCUT2D eigenvalue weighted by molar-refractivity contribution is 5.76. The number of aromatic amines is 1. The molecule has 1 rings (SSSR count). The number of carbonyl (C=O) groups excluding carboxylic acids is 1. The van der Waals surface area contributed by atoms with E-state index < -0.39 is 0 Å². The van der Waals surface area contributed by atoms with Crippen molar-refractivity contribution in [3.05, 3.63) is 12.2 Å². The zero-order chi connectivity index (χ0) is 9.68. The molecule has 1 N–H and O–H groups in total. The monoisotopic (exact) mass is 183 g/mol. The van der Waals surface area contributed by atoms with Crippen LogP contribution in [0.15, 0.2) is 6.33 Å². The van der Waals surface area contributed by atoms with E-state index in [-0.39, 0.29) is 11.9 Å². The number of aromatic nitrogens is 3. The summed E-state index contributed by atoms with van der Waals surface area (Å²) >= 11 is 0. The molecule has 72 valence electrons. The molecule has 0 amide bonds. The lowest BCUT2D eigenvalue weighted by Crippen LogP contribution is -2.16. The molecule has 0 spiro atoms. The summed E-state index contributed by atoms with van der Waals surface area (Å²) in [6.45, 7) is 4.08. The molecule has 1 aromatic rings. The summed E-state index contributed by atoms with van der Waals surface area (Å²) in [5, 5.41) is 6.36. The van der Waals surface area contributed by atoms with Crippen LogP contribution in [0.25, 0.3) is 0 Å². The molecule has 0 aliphatic rings. The Morgan fingerprint density at radius 1 is 1.69 bits per heavy atom. The second kappa shape index (κ2) is 4.59. The minimum absolute atomic E-state index is 0.248. The first kappa shape index (κ1) is 9.70. The smallest absolute Gasteiger partial charge is 0.316 e. The van der Waals surface area contributed by atoms with Crippen LogP contribution in [-0.4, -0.2) is 27.8 Å². The van der Waals surface area contributed by atoms with Crippen LogP contribution in [-0.2, 0) is 9.53 Å². The van der Waals surface area contributed by atoms with Crippen molar-refractivity contribution in [3.8, 4) is 0 Å². The van der Waals surface area contributed by atoms with Gasteiger partial charge in [0.1, 0.15) is 18.1 Å². The van der Waals surface area contributed by atoms with Gasteiger partial charge in [-0.15, -0.1) is 0 Å². The van der Waals surface area contributed by atoms with Crippen molar-refractivity contribution in [1.29, 1.82) is 0 Å². The minimum Gasteiger partial charge on any atom is -0.465 e. The predicted molar refractivity (Wildman–Crippen MR) is 46.0 cm³/mol. The molecular weight excluding hydrogens is 170 g/mol. The van der Waals surface area contributed by atoms with Crippen LogP contribution in [0, 0.1) is 0 Å². The van der Waals surface area contributed by atoms with Crippen LogP contribution >= 0.6 is 0 Å². The second-order valence-corrected chi connectivity index (χ2v) is 2.58. The first-order valence-electron chi connectivity index (χ1n) is 4.31. The average Bonchev–Trinajstić information content (AvgIpc) is 2.59. The lowest BCUT2D eigenvalue weighted by Gasteiger charge is -2.09. The van der Waals surface area contributed by atoms with Gasteiger partial charge >= 0.3 is 5.97 Å². The Morgan fingerprint density at radius 3 is 2.92 bits per heavy atom. The molecule has 0 saturated carbocycles. The molecule has 0 radical (unpaired) electrons. The van der Waals surface area contributed by atoms with Crippen LogP contribution in [0.4, 0.5) is 0 Å². The van der Waals surface area contributed by atoms with Crippen molar-refractivity contribution in [2.24, 2.45) is 0 Å². The molecule has 13 heavy (non-hydrogen) atoms. The van der Waals surface area contributed by atoms with E-state index in [0.29, 0.717) is 18.9 Å². The highest BCUT2D eigenvalue weighted by atomic mass is 16.5. The SMILES string of the molecule is CCOC(=O)C(CC)c1ncn[nH]1. The molecule has 0 aliphatic carbocycles. The number of H-pyrrole nitrogens is 1. The highest BCUT2D eigenvalue weighted by Gasteiger charge is 2.22. The van der Waals surface area contributed by atoms with Gasteiger partial charge in [-0.05, 0) is 13.3 Å². The Kier molecular flexibility index (Phi) is 3.42. The molecule has 1 heterocycles. The van der Waals surface area contributed by atoms with Crippen LogP contribution in [0.5, 0.6) is 0 Å². The van der Waals surface area contributed by atoms with Gasteiger partial charge in [0.2, 0.25) is 0 Å². The second-order valence-electron chi connectivity index (χ2n) is 2.58. The molecular formula is C8H13N3O2. The van der Waals surface area contributed by atoms with Gasteiger partial charge in [0, 0.05) is 0 Å². The van der Waals surface area contributed by atoms with E-state index in [1.165, 1.54) is 6.33 Å². The van der Waals surface area contributed by atoms with E-state index in [2.05, 4.69) is 15.2 Å². The number of nitrogens with one attached hydrogen (secondary N) is 1. The summed E-state index contributed by atoms with van der Waals surface area (Å²) in [4.78, 5) is 15.3. The molecule has 0 saturated heterocycles. The van der Waals surface area contributed by atoms with E-state index in [4.69, 9.17) is 4.74 Å². The third kappa shape index (κ3) is 2.27. The molecule has 1 aromatic heterocycles. The quantitative estimate of drug-likeness (QED) is 0.703. The Balaban J connectivity index is 2.68. The van der Waals surface area contributed by atoms with E-state index in [1.807, 2.05) is 6.92 Å². The standard InChI is InChI=1S/C8H13N3O2/c1-3-6(8(12)13-4-2)7-9-5-10-11-7/h5-6H,3-4H2,1-2H3,(H,9,10,11). The lowest BCUT2D eigenvalue weighted by atomic mass is 10.1. The number of nitrogens with zero attached hydrogens (tertiary/aromatic N) is 2. The molecule has 1 atom stereocenters. The first-order chi connectivity index (χ1) is 6.29. The maximum Gasteiger partial charge on any atom is 0.316 e. The fourth-order valence-corrected chi connectivity index (χ4v) is 1.10. The summed E-state index contributed by atoms with van der Waals surface area (Å²) in [6.07, 6.45) is 2.05. The lowest BCUT2D eigenvalue weighted by molar-refractivity contribution is -0.145. The summed E-state index contributed by atoms with van der Waals surface area (Å²) < 4.78 is 4.89. The Hall–Kier alpha value is -1.39. The number of hydrogen-bond donors (Lipinski definition) is 1. The Bertz CT molecular complexity index is 258. The largest absolute Gasteiger partial charge is 0.465 e. The van der Waals surface area contributed by atoms with Crippen molar-refractivity contribution in [2.45, 2.75) is 26.2 Å². The number of hydrogen-bond acceptors (Lipinski definition) is 4. The Morgan fingerprint density at radius 2 is 2.46 bits per heavy atom. The first-order valence-corrected chi connectivity index (χ1v) is 4.31. The van der Waals surface area contributed by atoms with Gasteiger partial charge in [0.15, 0.2) is 0 Å². The number of carbonyl (C=O) groups is 1. The molecule has 0 aliphatic heterocycles. The summed E-state index contributed by atoms with van der Waals surface area (Å²) in [5.41, 5.74) is 0. The van der Waals surface area contributed by atoms with Crippen molar-refractivity contribution >= 4 is 5.97 Å². The van der Waals surface area contributed by atoms with Gasteiger partial charge in [0.05, 0.1) is 6.61 Å². The zero-order valence-electron chi connectivity index (χ0n) is 7.78. The molecule has 5 heteroatoms. The molecule has 1 unspecified atom stereocenters. The zero-order valence-corrected chi connectivity index (χ0v) is 7.78. The van der Waals surface area contributed by atoms with Gasteiger partial charge in [-0.2, -0.15) is 5.10 Å². The summed E-state index contributed by atoms with van der Waals surface area (Å²) in [7, 11) is 0. The number of esters is 1. The van der Waals surface area contributed by atoms with Crippen LogP contribution in [0.1, 0.15) is 32.0 Å². The van der Waals surface area contributed by atoms with Crippen molar-refractivity contribution in [2.75, 3.05) is 6.61 Å². The summed E-state index contributed by atoms with van der Waals surface area (Å²) in [5.74, 6) is 0.00477. The average molecular weight is 183 g/mol. The topological polar surface area (TPSA) is 67.9 Å². The van der Waals surface area contributed by atoms with Crippen molar-refractivity contribution in [1.82, 2.24) is 15.2 Å². The molecule has 0 fully saturated rings. The maximum atomic E-state index is 11.4. The third-order valence-corrected chi connectivity index (χ3v) is 1.74. The Labute approximate surface area is 76.5 Å². The fourth-order valence-electron chi connectivity index (χ4n) is 1.10. The van der Waals surface area contributed by atoms with E-state index in [0.717, 1.165) is 0 Å². The van der Waals surface area contributed by atoms with Gasteiger partial charge in [0.25, 0.3) is 0 Å². The number of rotatable bonds is 4. The van der Waals surface area contributed by atoms with E-state index in [1.54, 1.807) is 6.92 Å².